The fourth-order valence-electron chi connectivity index (χ4n) is 4.59. The zero-order valence-corrected chi connectivity index (χ0v) is 20.5. The minimum absolute atomic E-state index is 0.0486. The largest absolute Gasteiger partial charge is 0.318 e. The highest BCUT2D eigenvalue weighted by atomic mass is 32.1. The minimum atomic E-state index is -0.494. The van der Waals surface area contributed by atoms with Gasteiger partial charge in [-0.2, -0.15) is 0 Å². The lowest BCUT2D eigenvalue weighted by molar-refractivity contribution is -0.122. The minimum Gasteiger partial charge on any atom is -0.318 e. The van der Waals surface area contributed by atoms with E-state index >= 15 is 0 Å². The zero-order valence-electron chi connectivity index (χ0n) is 19.7. The van der Waals surface area contributed by atoms with Gasteiger partial charge in [-0.1, -0.05) is 31.2 Å². The molecule has 35 heavy (non-hydrogen) atoms. The van der Waals surface area contributed by atoms with Crippen LogP contribution in [0.2, 0.25) is 0 Å². The van der Waals surface area contributed by atoms with Gasteiger partial charge in [0.2, 0.25) is 0 Å². The predicted molar refractivity (Wildman–Crippen MR) is 143 cm³/mol. The van der Waals surface area contributed by atoms with Crippen LogP contribution >= 0.6 is 12.2 Å². The Morgan fingerprint density at radius 1 is 1.03 bits per heavy atom. The highest BCUT2D eigenvalue weighted by Gasteiger charge is 2.35. The molecule has 1 aliphatic rings. The normalized spacial score (nSPS) is 15.2. The number of hydrogen-bond acceptors (Lipinski definition) is 4. The summed E-state index contributed by atoms with van der Waals surface area (Å²) in [7, 11) is 0. The molecular formula is C28H24N4O2S. The van der Waals surface area contributed by atoms with Crippen LogP contribution in [0.15, 0.2) is 72.4 Å². The molecule has 0 aliphatic carbocycles. The number of aromatic nitrogens is 2. The molecule has 0 saturated carbocycles. The van der Waals surface area contributed by atoms with Crippen LogP contribution in [0.3, 0.4) is 0 Å². The molecule has 1 N–H and O–H groups in total. The molecule has 0 unspecified atom stereocenters. The third kappa shape index (κ3) is 3.94. The third-order valence-corrected chi connectivity index (χ3v) is 6.61. The fraction of sp³-hybridized carbons (Fsp3) is 0.143. The van der Waals surface area contributed by atoms with Crippen molar-refractivity contribution in [3.05, 3.63) is 94.9 Å². The van der Waals surface area contributed by atoms with Crippen molar-refractivity contribution >= 4 is 51.8 Å². The number of nitrogens with one attached hydrogen (secondary N) is 1. The summed E-state index contributed by atoms with van der Waals surface area (Å²) in [5.74, 6) is -0.923. The van der Waals surface area contributed by atoms with Crippen LogP contribution in [0.5, 0.6) is 0 Å². The van der Waals surface area contributed by atoms with Crippen molar-refractivity contribution in [3.63, 3.8) is 0 Å². The van der Waals surface area contributed by atoms with Crippen molar-refractivity contribution in [3.8, 4) is 5.69 Å². The number of benzene rings is 2. The number of pyridine rings is 1. The highest BCUT2D eigenvalue weighted by molar-refractivity contribution is 7.80. The summed E-state index contributed by atoms with van der Waals surface area (Å²) >= 11 is 5.38. The molecule has 2 aromatic carbocycles. The Labute approximate surface area is 208 Å². The molecule has 4 aromatic rings. The number of hydrogen-bond donors (Lipinski definition) is 1. The Morgan fingerprint density at radius 2 is 1.83 bits per heavy atom. The van der Waals surface area contributed by atoms with Crippen LogP contribution in [0.1, 0.15) is 29.4 Å². The summed E-state index contributed by atoms with van der Waals surface area (Å²) in [6.45, 7) is 6.00. The van der Waals surface area contributed by atoms with Gasteiger partial charge in [-0.15, -0.1) is 0 Å². The van der Waals surface area contributed by atoms with Crippen molar-refractivity contribution in [2.45, 2.75) is 27.2 Å². The quantitative estimate of drug-likeness (QED) is 0.253. The van der Waals surface area contributed by atoms with E-state index in [-0.39, 0.29) is 10.7 Å². The van der Waals surface area contributed by atoms with Crippen LogP contribution in [0, 0.1) is 13.8 Å². The van der Waals surface area contributed by atoms with Gasteiger partial charge >= 0.3 is 0 Å². The first-order valence-corrected chi connectivity index (χ1v) is 11.8. The Hall–Kier alpha value is -4.10. The van der Waals surface area contributed by atoms with E-state index in [2.05, 4.69) is 20.9 Å². The SMILES string of the molecule is CCc1ccccc1N1C(=O)/C(=C/c2cc(C)n(-c3ccc4ncccc4c3)c2C)C(=O)NC1=S. The predicted octanol–water partition coefficient (Wildman–Crippen LogP) is 5.04. The standard InChI is InChI=1S/C28H24N4O2S/c1-4-19-8-5-6-10-25(19)32-27(34)23(26(33)30-28(32)35)16-21-14-17(2)31(18(21)3)22-11-12-24-20(15-22)9-7-13-29-24/h5-16H,4H2,1-3H3,(H,30,33,35)/b23-16+. The molecule has 7 heteroatoms. The summed E-state index contributed by atoms with van der Waals surface area (Å²) in [4.78, 5) is 32.2. The molecule has 2 amide bonds. The maximum atomic E-state index is 13.5. The van der Waals surface area contributed by atoms with E-state index in [0.29, 0.717) is 5.69 Å². The van der Waals surface area contributed by atoms with Crippen LogP contribution in [-0.2, 0) is 16.0 Å². The van der Waals surface area contributed by atoms with Gasteiger partial charge in [0.1, 0.15) is 5.57 Å². The number of carbonyl (C=O) groups is 2. The second-order valence-electron chi connectivity index (χ2n) is 8.48. The van der Waals surface area contributed by atoms with E-state index in [4.69, 9.17) is 12.2 Å². The van der Waals surface area contributed by atoms with Gasteiger partial charge in [0, 0.05) is 28.7 Å². The maximum absolute atomic E-state index is 13.5. The second kappa shape index (κ2) is 8.92. The number of para-hydroxylation sites is 1. The van der Waals surface area contributed by atoms with Crippen LogP contribution in [0.25, 0.3) is 22.7 Å². The van der Waals surface area contributed by atoms with Crippen molar-refractivity contribution in [1.29, 1.82) is 0 Å². The van der Waals surface area contributed by atoms with E-state index < -0.39 is 11.8 Å². The third-order valence-electron chi connectivity index (χ3n) is 6.33. The Balaban J connectivity index is 1.57. The van der Waals surface area contributed by atoms with Gasteiger partial charge in [0.25, 0.3) is 11.8 Å². The summed E-state index contributed by atoms with van der Waals surface area (Å²) in [6, 6.07) is 19.6. The summed E-state index contributed by atoms with van der Waals surface area (Å²) in [5, 5.41) is 3.82. The van der Waals surface area contributed by atoms with E-state index in [1.54, 1.807) is 12.3 Å². The topological polar surface area (TPSA) is 67.2 Å². The van der Waals surface area contributed by atoms with Gasteiger partial charge in [-0.05, 0) is 86.1 Å². The summed E-state index contributed by atoms with van der Waals surface area (Å²) in [6.07, 6.45) is 4.17. The molecule has 2 aromatic heterocycles. The lowest BCUT2D eigenvalue weighted by atomic mass is 10.0. The van der Waals surface area contributed by atoms with Gasteiger partial charge in [-0.3, -0.25) is 24.8 Å². The number of anilines is 1. The molecule has 0 radical (unpaired) electrons. The average molecular weight is 481 g/mol. The van der Waals surface area contributed by atoms with E-state index in [1.807, 2.05) is 75.4 Å². The van der Waals surface area contributed by atoms with Gasteiger partial charge in [-0.25, -0.2) is 0 Å². The Bertz CT molecular complexity index is 1550. The van der Waals surface area contributed by atoms with Crippen molar-refractivity contribution in [2.24, 2.45) is 0 Å². The van der Waals surface area contributed by atoms with Crippen LogP contribution in [-0.4, -0.2) is 26.5 Å². The summed E-state index contributed by atoms with van der Waals surface area (Å²) < 4.78 is 2.11. The van der Waals surface area contributed by atoms with E-state index in [9.17, 15) is 9.59 Å². The fourth-order valence-corrected chi connectivity index (χ4v) is 4.87. The number of fused-ring (bicyclic) bond motifs is 1. The Morgan fingerprint density at radius 3 is 2.63 bits per heavy atom. The molecule has 1 fully saturated rings. The first-order chi connectivity index (χ1) is 16.9. The smallest absolute Gasteiger partial charge is 0.270 e. The Kier molecular flexibility index (Phi) is 5.78. The second-order valence-corrected chi connectivity index (χ2v) is 8.87. The summed E-state index contributed by atoms with van der Waals surface area (Å²) in [5.41, 5.74) is 6.33. The molecule has 0 atom stereocenters. The molecule has 0 bridgehead atoms. The monoisotopic (exact) mass is 480 g/mol. The molecule has 3 heterocycles. The molecule has 6 nitrogen and oxygen atoms in total. The molecular weight excluding hydrogens is 456 g/mol. The lowest BCUT2D eigenvalue weighted by Gasteiger charge is -2.30. The molecule has 0 spiro atoms. The number of thiocarbonyl (C=S) groups is 1. The molecule has 174 valence electrons. The van der Waals surface area contributed by atoms with Crippen molar-refractivity contribution < 1.29 is 9.59 Å². The van der Waals surface area contributed by atoms with Gasteiger partial charge in [0.05, 0.1) is 11.2 Å². The lowest BCUT2D eigenvalue weighted by Crippen LogP contribution is -2.54. The van der Waals surface area contributed by atoms with Gasteiger partial charge in [0.15, 0.2) is 5.11 Å². The number of carbonyl (C=O) groups excluding carboxylic acids is 2. The van der Waals surface area contributed by atoms with Crippen molar-refractivity contribution in [1.82, 2.24) is 14.9 Å². The van der Waals surface area contributed by atoms with Crippen molar-refractivity contribution in [2.75, 3.05) is 4.90 Å². The number of aryl methyl sites for hydroxylation is 2. The van der Waals surface area contributed by atoms with Crippen LogP contribution in [0.4, 0.5) is 5.69 Å². The molecule has 1 aliphatic heterocycles. The zero-order chi connectivity index (χ0) is 24.7. The maximum Gasteiger partial charge on any atom is 0.270 e. The highest BCUT2D eigenvalue weighted by Crippen LogP contribution is 2.28. The first kappa shape index (κ1) is 22.7. The number of rotatable bonds is 4. The average Bonchev–Trinajstić information content (AvgIpc) is 3.14. The number of amides is 2. The van der Waals surface area contributed by atoms with E-state index in [1.165, 1.54) is 4.90 Å². The molecule has 1 saturated heterocycles. The van der Waals surface area contributed by atoms with E-state index in [0.717, 1.165) is 45.5 Å². The van der Waals surface area contributed by atoms with Gasteiger partial charge < -0.3 is 4.57 Å². The van der Waals surface area contributed by atoms with Crippen LogP contribution < -0.4 is 10.2 Å². The molecule has 5 rings (SSSR count). The first-order valence-electron chi connectivity index (χ1n) is 11.4. The number of nitrogens with zero attached hydrogens (tertiary/aromatic N) is 3.